The maximum Gasteiger partial charge on any atom is 0.143 e. The third kappa shape index (κ3) is 15.0. The Hall–Kier alpha value is -10.2. The number of aliphatic hydroxyl groups is 8. The van der Waals surface area contributed by atoms with Crippen molar-refractivity contribution in [3.8, 4) is 0 Å². The quantitative estimate of drug-likeness (QED) is 0.0672. The molecule has 4 saturated heterocycles. The van der Waals surface area contributed by atoms with Crippen molar-refractivity contribution in [2.75, 3.05) is 49.2 Å². The van der Waals surface area contributed by atoms with Crippen molar-refractivity contribution in [1.29, 1.82) is 0 Å². The number of hydrogen-bond acceptors (Lipinski definition) is 26. The molecule has 668 valence electrons. The average molecular weight is 2010 g/mol. The number of aromatic nitrogens is 14. The zero-order valence-electron chi connectivity index (χ0n) is 70.7. The number of pyridine rings is 6. The van der Waals surface area contributed by atoms with Crippen LogP contribution in [0, 0.1) is 35.5 Å². The van der Waals surface area contributed by atoms with Gasteiger partial charge in [0.1, 0.15) is 82.9 Å². The SMILES string of the molecule is Cc1ncnc2c1ccn2[C@@H]1C[C@@]2(CO[C@@H](c3ccc4cc(Br)c(N)nc4c3)C2)[C@@H](O)[C@H]1O.Cc1ncnc2c1ccn2[C@@H]1C[C@@]2(CO[C@H](c3ccc4cc(Br)c(N)nc4c3)C2)[C@@H](O)[C@H]1O.Nc1nc2cc([C@@H]3C[C@@]4(CN3)C[C@@H](n3ccc5cccnc53)[C@H](O)[C@@H]4O)ccc2cc1Br.Nc1nc2cc([C@H]3C[C@@]4(CN3)C[C@@H](n3ccc5cccnc53)[C@H](O)[C@@H]4O)ccc2cc1Br. The Morgan fingerprint density at radius 2 is 0.662 bits per heavy atom. The van der Waals surface area contributed by atoms with Crippen molar-refractivity contribution >= 4 is 175 Å². The third-order valence-corrected chi connectivity index (χ3v) is 32.0. The summed E-state index contributed by atoms with van der Waals surface area (Å²) in [5.41, 5.74) is 34.5. The zero-order chi connectivity index (χ0) is 89.9. The number of fused-ring (bicyclic) bond motifs is 8. The van der Waals surface area contributed by atoms with E-state index in [-0.39, 0.29) is 48.5 Å². The lowest BCUT2D eigenvalue weighted by Crippen LogP contribution is -2.38. The van der Waals surface area contributed by atoms with Crippen LogP contribution in [0.2, 0.25) is 0 Å². The van der Waals surface area contributed by atoms with Crippen molar-refractivity contribution in [3.63, 3.8) is 0 Å². The number of nitrogens with two attached hydrogens (primary N) is 4. The van der Waals surface area contributed by atoms with Gasteiger partial charge in [0.15, 0.2) is 0 Å². The molecule has 18 N–H and O–H groups in total. The Morgan fingerprint density at radius 1 is 0.346 bits per heavy atom. The van der Waals surface area contributed by atoms with Gasteiger partial charge in [0, 0.05) is 127 Å². The summed E-state index contributed by atoms with van der Waals surface area (Å²) >= 11 is 13.7. The topological polar surface area (TPSA) is 457 Å². The number of nitrogen functional groups attached to an aromatic ring is 4. The van der Waals surface area contributed by atoms with Gasteiger partial charge in [-0.15, -0.1) is 0 Å². The van der Waals surface area contributed by atoms with E-state index in [1.807, 2.05) is 166 Å². The number of halogens is 4. The number of hydrogen-bond donors (Lipinski definition) is 14. The maximum absolute atomic E-state index is 11.1. The summed E-state index contributed by atoms with van der Waals surface area (Å²) in [5.74, 6) is 1.82. The first-order valence-electron chi connectivity index (χ1n) is 43.6. The molecular formula is C96H96Br4N20O10. The van der Waals surface area contributed by atoms with E-state index in [2.05, 4.69) is 161 Å². The van der Waals surface area contributed by atoms with Crippen LogP contribution in [0.25, 0.3) is 87.7 Å². The summed E-state index contributed by atoms with van der Waals surface area (Å²) in [6.45, 7) is 5.94. The highest BCUT2D eigenvalue weighted by Crippen LogP contribution is 2.59. The first-order chi connectivity index (χ1) is 62.6. The first-order valence-corrected chi connectivity index (χ1v) is 46.8. The van der Waals surface area contributed by atoms with Gasteiger partial charge in [-0.3, -0.25) is 0 Å². The van der Waals surface area contributed by atoms with Gasteiger partial charge >= 0.3 is 0 Å². The van der Waals surface area contributed by atoms with E-state index in [1.165, 1.54) is 12.7 Å². The molecule has 30 nitrogen and oxygen atoms in total. The minimum absolute atomic E-state index is 0.0752. The smallest absolute Gasteiger partial charge is 0.143 e. The minimum Gasteiger partial charge on any atom is -0.390 e. The second-order valence-electron chi connectivity index (χ2n) is 36.9. The van der Waals surface area contributed by atoms with E-state index in [9.17, 15) is 40.9 Å². The van der Waals surface area contributed by atoms with Crippen molar-refractivity contribution < 1.29 is 50.3 Å². The highest BCUT2D eigenvalue weighted by atomic mass is 79.9. The van der Waals surface area contributed by atoms with E-state index in [4.69, 9.17) is 32.4 Å². The molecule has 24 rings (SSSR count). The molecule has 4 aliphatic heterocycles. The molecule has 34 heteroatoms. The molecule has 4 aliphatic carbocycles. The Bertz CT molecular complexity index is 6710. The van der Waals surface area contributed by atoms with Crippen LogP contribution in [0.15, 0.2) is 213 Å². The van der Waals surface area contributed by atoms with Gasteiger partial charge in [0.2, 0.25) is 0 Å². The van der Waals surface area contributed by atoms with Crippen LogP contribution in [-0.4, -0.2) is 184 Å². The molecule has 4 spiro atoms. The van der Waals surface area contributed by atoms with Gasteiger partial charge < -0.3 is 102 Å². The molecule has 8 fully saturated rings. The molecule has 16 aromatic rings. The van der Waals surface area contributed by atoms with Crippen LogP contribution in [-0.2, 0) is 9.47 Å². The lowest BCUT2D eigenvalue weighted by Gasteiger charge is -2.27. The van der Waals surface area contributed by atoms with Crippen LogP contribution < -0.4 is 33.6 Å². The number of benzene rings is 4. The van der Waals surface area contributed by atoms with Crippen molar-refractivity contribution in [3.05, 3.63) is 247 Å². The number of nitrogens with zero attached hydrogens (tertiary/aromatic N) is 14. The van der Waals surface area contributed by atoms with E-state index in [1.54, 1.807) is 12.4 Å². The van der Waals surface area contributed by atoms with E-state index in [0.717, 1.165) is 152 Å². The summed E-state index contributed by atoms with van der Waals surface area (Å²) in [6.07, 6.45) is 12.4. The van der Waals surface area contributed by atoms with Crippen LogP contribution in [0.5, 0.6) is 0 Å². The van der Waals surface area contributed by atoms with Gasteiger partial charge in [-0.05, 0) is 248 Å². The average Bonchev–Trinajstić information content (AvgIpc) is 1.59. The fourth-order valence-corrected chi connectivity index (χ4v) is 23.7. The normalized spacial score (nSPS) is 29.8. The van der Waals surface area contributed by atoms with Gasteiger partial charge in [-0.25, -0.2) is 49.8 Å². The number of rotatable bonds is 8. The molecule has 4 aromatic carbocycles. The molecule has 16 heterocycles. The van der Waals surface area contributed by atoms with Crippen molar-refractivity contribution in [2.45, 2.75) is 163 Å². The Kier molecular flexibility index (Phi) is 22.3. The Balaban J connectivity index is 0.000000105. The molecule has 0 unspecified atom stereocenters. The van der Waals surface area contributed by atoms with E-state index < -0.39 is 70.5 Å². The number of aliphatic hydroxyl groups excluding tert-OH is 8. The standard InChI is InChI=1S/2C24H24BrN5O3.2C24H24BrN5O2/c2*1-12-15-4-5-30(23(15)28-11-27-12)18-8-24(21(32)20(18)31)9-19(33-10-24)14-3-2-13-6-16(25)22(26)29-17(13)7-14;2*25-16-8-14-3-4-15(9-17(14)29-22(16)26)18-10-24(12-28-18)11-19(20(31)21(24)32)30-7-5-13-2-1-6-27-23(13)30/h2*2-7,11,18-21,31-32H,8-10H2,1H3,(H2,26,29);2*1-9,18-21,28,31-32H,10-12H2,(H2,26,29)/t18-,19+,20+,21+,24-;18-,19-,20+,21+,24-;18-,19+,20-,21-,24-;18-,19-,20+,21+,24+/m1101/s1. The molecule has 0 bridgehead atoms. The number of nitrogens with one attached hydrogen (secondary N) is 2. The number of ether oxygens (including phenoxy) is 2. The second kappa shape index (κ2) is 33.5. The highest BCUT2D eigenvalue weighted by molar-refractivity contribution is 9.11. The molecule has 130 heavy (non-hydrogen) atoms. The number of anilines is 4. The first kappa shape index (κ1) is 86.5. The van der Waals surface area contributed by atoms with Crippen molar-refractivity contribution in [1.82, 2.24) is 78.7 Å². The summed E-state index contributed by atoms with van der Waals surface area (Å²) in [5, 5.41) is 104. The molecule has 8 aliphatic rings. The van der Waals surface area contributed by atoms with Gasteiger partial charge in [-0.1, -0.05) is 48.5 Å². The molecular weight excluding hydrogens is 1910 g/mol. The summed E-state index contributed by atoms with van der Waals surface area (Å²) in [4.78, 5) is 44.3. The Labute approximate surface area is 778 Å². The fourth-order valence-electron chi connectivity index (χ4n) is 22.4. The summed E-state index contributed by atoms with van der Waals surface area (Å²) in [6, 6.07) is 47.3. The highest BCUT2D eigenvalue weighted by Gasteiger charge is 2.61. The fraction of sp³-hybridized carbons (Fsp3) is 0.354. The summed E-state index contributed by atoms with van der Waals surface area (Å²) < 4.78 is 23.5. The van der Waals surface area contributed by atoms with Crippen LogP contribution in [0.3, 0.4) is 0 Å². The molecule has 4 saturated carbocycles. The predicted octanol–water partition coefficient (Wildman–Crippen LogP) is 13.5. The Morgan fingerprint density at radius 3 is 1.02 bits per heavy atom. The van der Waals surface area contributed by atoms with Crippen molar-refractivity contribution in [2.24, 2.45) is 21.7 Å². The van der Waals surface area contributed by atoms with E-state index in [0.29, 0.717) is 88.1 Å². The van der Waals surface area contributed by atoms with Crippen LogP contribution in [0.4, 0.5) is 23.3 Å². The molecule has 12 aromatic heterocycles. The van der Waals surface area contributed by atoms with Gasteiger partial charge in [-0.2, -0.15) is 0 Å². The van der Waals surface area contributed by atoms with Crippen LogP contribution in [0.1, 0.15) is 133 Å². The van der Waals surface area contributed by atoms with Crippen LogP contribution >= 0.6 is 63.7 Å². The van der Waals surface area contributed by atoms with Gasteiger partial charge in [0.25, 0.3) is 0 Å². The van der Waals surface area contributed by atoms with E-state index >= 15 is 0 Å². The maximum atomic E-state index is 11.1. The second-order valence-corrected chi connectivity index (χ2v) is 40.3. The zero-order valence-corrected chi connectivity index (χ0v) is 77.0. The third-order valence-electron chi connectivity index (χ3n) is 29.4. The molecule has 0 amide bonds. The lowest BCUT2D eigenvalue weighted by atomic mass is 9.80. The molecule has 0 radical (unpaired) electrons. The predicted molar refractivity (Wildman–Crippen MR) is 509 cm³/mol. The largest absolute Gasteiger partial charge is 0.390 e. The molecule has 20 atom stereocenters. The number of aryl methyl sites for hydroxylation is 2. The monoisotopic (exact) mass is 2000 g/mol. The lowest BCUT2D eigenvalue weighted by molar-refractivity contribution is -0.0309. The minimum atomic E-state index is -0.909. The van der Waals surface area contributed by atoms with Gasteiger partial charge in [0.05, 0.1) is 125 Å². The summed E-state index contributed by atoms with van der Waals surface area (Å²) in [7, 11) is 0.